The maximum absolute atomic E-state index is 12.8. The van der Waals surface area contributed by atoms with Crippen LogP contribution in [0.5, 0.6) is 5.75 Å². The van der Waals surface area contributed by atoms with Crippen LogP contribution in [0.25, 0.3) is 0 Å². The molecule has 0 atom stereocenters. The topological polar surface area (TPSA) is 72.9 Å². The van der Waals surface area contributed by atoms with Crippen molar-refractivity contribution in [2.75, 3.05) is 24.6 Å². The molecule has 0 aliphatic heterocycles. The van der Waals surface area contributed by atoms with E-state index in [0.29, 0.717) is 11.4 Å². The van der Waals surface area contributed by atoms with Gasteiger partial charge in [-0.3, -0.25) is 4.31 Å². The number of nitrogens with zero attached hydrogens (tertiary/aromatic N) is 1. The summed E-state index contributed by atoms with van der Waals surface area (Å²) in [6.07, 6.45) is 0. The molecule has 0 aliphatic carbocycles. The molecule has 0 N–H and O–H groups in total. The molecule has 0 heterocycles. The van der Waals surface area contributed by atoms with Crippen LogP contribution in [0, 0.1) is 0 Å². The van der Waals surface area contributed by atoms with Crippen molar-refractivity contribution in [2.45, 2.75) is 4.90 Å². The number of anilines is 1. The number of para-hydroxylation sites is 1. The summed E-state index contributed by atoms with van der Waals surface area (Å²) in [5, 5.41) is 0. The number of carbonyl (C=O) groups is 1. The number of benzene rings is 3. The second kappa shape index (κ2) is 9.77. The molecule has 0 spiro atoms. The molecular weight excluding hydrogens is 470 g/mol. The lowest BCUT2D eigenvalue weighted by molar-refractivity contribution is 0.0450. The zero-order chi connectivity index (χ0) is 21.6. The molecule has 0 radical (unpaired) electrons. The van der Waals surface area contributed by atoms with Gasteiger partial charge in [0.05, 0.1) is 16.1 Å². The second-order valence-electron chi connectivity index (χ2n) is 6.27. The summed E-state index contributed by atoms with van der Waals surface area (Å²) in [6, 6.07) is 21.7. The number of esters is 1. The van der Waals surface area contributed by atoms with Gasteiger partial charge in [0, 0.05) is 11.5 Å². The van der Waals surface area contributed by atoms with Crippen LogP contribution in [0.4, 0.5) is 5.69 Å². The highest BCUT2D eigenvalue weighted by Crippen LogP contribution is 2.22. The van der Waals surface area contributed by atoms with Crippen molar-refractivity contribution >= 4 is 37.6 Å². The minimum absolute atomic E-state index is 0.0751. The van der Waals surface area contributed by atoms with Gasteiger partial charge in [-0.05, 0) is 60.7 Å². The lowest BCUT2D eigenvalue weighted by atomic mass is 10.2. The summed E-state index contributed by atoms with van der Waals surface area (Å²) in [5.74, 6) is 0.126. The molecule has 3 aromatic carbocycles. The highest BCUT2D eigenvalue weighted by molar-refractivity contribution is 9.10. The molecule has 0 unspecified atom stereocenters. The van der Waals surface area contributed by atoms with Crippen LogP contribution in [0.1, 0.15) is 10.4 Å². The van der Waals surface area contributed by atoms with E-state index in [1.165, 1.54) is 35.6 Å². The van der Waals surface area contributed by atoms with Gasteiger partial charge in [0.1, 0.15) is 19.0 Å². The monoisotopic (exact) mass is 489 g/mol. The van der Waals surface area contributed by atoms with Gasteiger partial charge in [0.2, 0.25) is 0 Å². The minimum atomic E-state index is -3.73. The van der Waals surface area contributed by atoms with Gasteiger partial charge in [-0.15, -0.1) is 0 Å². The predicted octanol–water partition coefficient (Wildman–Crippen LogP) is 4.51. The Kier molecular flexibility index (Phi) is 7.12. The van der Waals surface area contributed by atoms with Crippen molar-refractivity contribution in [3.8, 4) is 5.75 Å². The SMILES string of the molecule is CN(c1ccccc1)S(=O)(=O)c1ccc(C(=O)OCCOc2ccc(Br)cc2)cc1. The number of hydrogen-bond acceptors (Lipinski definition) is 5. The number of halogens is 1. The first kappa shape index (κ1) is 21.9. The summed E-state index contributed by atoms with van der Waals surface area (Å²) in [4.78, 5) is 12.3. The summed E-state index contributed by atoms with van der Waals surface area (Å²) in [7, 11) is -2.25. The largest absolute Gasteiger partial charge is 0.490 e. The van der Waals surface area contributed by atoms with Crippen molar-refractivity contribution in [1.82, 2.24) is 0 Å². The van der Waals surface area contributed by atoms with Crippen molar-refractivity contribution in [3.05, 3.63) is 88.9 Å². The van der Waals surface area contributed by atoms with E-state index in [1.807, 2.05) is 18.2 Å². The fourth-order valence-electron chi connectivity index (χ4n) is 2.61. The smallest absolute Gasteiger partial charge is 0.338 e. The van der Waals surface area contributed by atoms with Gasteiger partial charge in [-0.2, -0.15) is 0 Å². The number of hydrogen-bond donors (Lipinski definition) is 0. The van der Waals surface area contributed by atoms with Crippen LogP contribution >= 0.6 is 15.9 Å². The molecule has 8 heteroatoms. The molecular formula is C22H20BrNO5S. The molecule has 0 amide bonds. The van der Waals surface area contributed by atoms with Crippen LogP contribution in [0.15, 0.2) is 88.2 Å². The second-order valence-corrected chi connectivity index (χ2v) is 9.16. The third-order valence-corrected chi connectivity index (χ3v) is 6.60. The van der Waals surface area contributed by atoms with Crippen LogP contribution in [-0.2, 0) is 14.8 Å². The third kappa shape index (κ3) is 5.40. The standard InChI is InChI=1S/C22H20BrNO5S/c1-24(19-5-3-2-4-6-19)30(26,27)21-13-7-17(8-14-21)22(25)29-16-15-28-20-11-9-18(23)10-12-20/h2-14H,15-16H2,1H3. The average molecular weight is 490 g/mol. The van der Waals surface area contributed by atoms with Gasteiger partial charge in [-0.25, -0.2) is 13.2 Å². The van der Waals surface area contributed by atoms with Crippen LogP contribution < -0.4 is 9.04 Å². The van der Waals surface area contributed by atoms with Gasteiger partial charge < -0.3 is 9.47 Å². The number of ether oxygens (including phenoxy) is 2. The third-order valence-electron chi connectivity index (χ3n) is 4.27. The zero-order valence-electron chi connectivity index (χ0n) is 16.2. The van der Waals surface area contributed by atoms with Crippen LogP contribution in [0.2, 0.25) is 0 Å². The van der Waals surface area contributed by atoms with E-state index in [9.17, 15) is 13.2 Å². The predicted molar refractivity (Wildman–Crippen MR) is 118 cm³/mol. The molecule has 0 bridgehead atoms. The quantitative estimate of drug-likeness (QED) is 0.343. The maximum atomic E-state index is 12.8. The molecule has 3 aromatic rings. The summed E-state index contributed by atoms with van der Waals surface area (Å²) < 4.78 is 38.4. The molecule has 0 aliphatic rings. The van der Waals surface area contributed by atoms with E-state index in [2.05, 4.69) is 15.9 Å². The van der Waals surface area contributed by atoms with Crippen molar-refractivity contribution in [1.29, 1.82) is 0 Å². The Morgan fingerprint density at radius 1 is 0.900 bits per heavy atom. The van der Waals surface area contributed by atoms with E-state index >= 15 is 0 Å². The molecule has 0 saturated carbocycles. The summed E-state index contributed by atoms with van der Waals surface area (Å²) in [6.45, 7) is 0.285. The minimum Gasteiger partial charge on any atom is -0.490 e. The molecule has 3 rings (SSSR count). The molecule has 0 saturated heterocycles. The van der Waals surface area contributed by atoms with E-state index in [4.69, 9.17) is 9.47 Å². The van der Waals surface area contributed by atoms with Gasteiger partial charge in [0.25, 0.3) is 10.0 Å². The van der Waals surface area contributed by atoms with Crippen LogP contribution in [-0.4, -0.2) is 34.6 Å². The Balaban J connectivity index is 1.56. The summed E-state index contributed by atoms with van der Waals surface area (Å²) in [5.41, 5.74) is 0.812. The number of sulfonamides is 1. The Hall–Kier alpha value is -2.84. The van der Waals surface area contributed by atoms with E-state index in [0.717, 1.165) is 4.47 Å². The summed E-state index contributed by atoms with van der Waals surface area (Å²) >= 11 is 3.34. The van der Waals surface area contributed by atoms with Crippen molar-refractivity contribution < 1.29 is 22.7 Å². The fourth-order valence-corrected chi connectivity index (χ4v) is 4.07. The molecule has 30 heavy (non-hydrogen) atoms. The van der Waals surface area contributed by atoms with Gasteiger partial charge >= 0.3 is 5.97 Å². The lowest BCUT2D eigenvalue weighted by Crippen LogP contribution is -2.26. The Labute approximate surface area is 184 Å². The zero-order valence-corrected chi connectivity index (χ0v) is 18.6. The van der Waals surface area contributed by atoms with Gasteiger partial charge in [0.15, 0.2) is 0 Å². The Morgan fingerprint density at radius 3 is 2.17 bits per heavy atom. The maximum Gasteiger partial charge on any atom is 0.338 e. The highest BCUT2D eigenvalue weighted by Gasteiger charge is 2.21. The Bertz CT molecular complexity index is 1080. The molecule has 0 aromatic heterocycles. The van der Waals surface area contributed by atoms with Crippen molar-refractivity contribution in [3.63, 3.8) is 0 Å². The Morgan fingerprint density at radius 2 is 1.53 bits per heavy atom. The van der Waals surface area contributed by atoms with Gasteiger partial charge in [-0.1, -0.05) is 34.1 Å². The van der Waals surface area contributed by atoms with Crippen LogP contribution in [0.3, 0.4) is 0 Å². The normalized spacial score (nSPS) is 11.0. The number of carbonyl (C=O) groups excluding carboxylic acids is 1. The number of rotatable bonds is 8. The highest BCUT2D eigenvalue weighted by atomic mass is 79.9. The van der Waals surface area contributed by atoms with Crippen molar-refractivity contribution in [2.24, 2.45) is 0 Å². The molecule has 156 valence electrons. The molecule has 6 nitrogen and oxygen atoms in total. The van der Waals surface area contributed by atoms with E-state index in [-0.39, 0.29) is 23.7 Å². The first-order valence-electron chi connectivity index (χ1n) is 9.07. The average Bonchev–Trinajstić information content (AvgIpc) is 2.78. The van der Waals surface area contributed by atoms with E-state index < -0.39 is 16.0 Å². The molecule has 0 fully saturated rings. The van der Waals surface area contributed by atoms with E-state index in [1.54, 1.807) is 36.4 Å². The first-order chi connectivity index (χ1) is 14.4. The first-order valence-corrected chi connectivity index (χ1v) is 11.3. The lowest BCUT2D eigenvalue weighted by Gasteiger charge is -2.19. The fraction of sp³-hybridized carbons (Fsp3) is 0.136.